The van der Waals surface area contributed by atoms with Gasteiger partial charge in [0.15, 0.2) is 0 Å². The Hall–Kier alpha value is -2.62. The summed E-state index contributed by atoms with van der Waals surface area (Å²) in [5.41, 5.74) is 1.94. The molecule has 1 amide bonds. The maximum Gasteiger partial charge on any atom is 0.230 e. The molecule has 0 heterocycles. The lowest BCUT2D eigenvalue weighted by atomic mass is 10.2. The first-order valence-corrected chi connectivity index (χ1v) is 6.25. The van der Waals surface area contributed by atoms with Crippen LogP contribution in [0.1, 0.15) is 11.1 Å². The molecule has 0 spiro atoms. The molecule has 0 aliphatic rings. The van der Waals surface area contributed by atoms with Gasteiger partial charge in [-0.25, -0.2) is 5.01 Å². The average Bonchev–Trinajstić information content (AvgIpc) is 2.53. The first-order chi connectivity index (χ1) is 9.81. The molecular formula is C16H16N2O2. The Morgan fingerprint density at radius 2 is 1.80 bits per heavy atom. The number of rotatable bonds is 6. The lowest BCUT2D eigenvalue weighted by Crippen LogP contribution is -2.14. The third-order valence-electron chi connectivity index (χ3n) is 2.78. The van der Waals surface area contributed by atoms with Crippen molar-refractivity contribution in [3.8, 4) is 5.75 Å². The molecule has 20 heavy (non-hydrogen) atoms. The minimum absolute atomic E-state index is 0.455. The highest BCUT2D eigenvalue weighted by molar-refractivity contribution is 5.80. The van der Waals surface area contributed by atoms with E-state index < -0.39 is 0 Å². The molecule has 0 saturated heterocycles. The second-order valence-electron chi connectivity index (χ2n) is 4.21. The van der Waals surface area contributed by atoms with Gasteiger partial charge in [0.05, 0.1) is 19.9 Å². The van der Waals surface area contributed by atoms with Crippen molar-refractivity contribution in [2.24, 2.45) is 5.10 Å². The number of carbonyl (C=O) groups is 1. The summed E-state index contributed by atoms with van der Waals surface area (Å²) in [5, 5.41) is 5.52. The first-order valence-electron chi connectivity index (χ1n) is 6.25. The highest BCUT2D eigenvalue weighted by Crippen LogP contribution is 2.10. The number of methoxy groups -OCH3 is 1. The van der Waals surface area contributed by atoms with Gasteiger partial charge in [-0.05, 0) is 35.4 Å². The first kappa shape index (κ1) is 13.8. The Labute approximate surface area is 118 Å². The molecule has 0 N–H and O–H groups in total. The standard InChI is InChI=1S/C16H16N2O2/c1-20-16-9-7-14(8-10-16)11-17-18(13-19)12-15-5-3-2-4-6-15/h2-11,13H,12H2,1H3. The van der Waals surface area contributed by atoms with E-state index in [0.29, 0.717) is 13.0 Å². The Balaban J connectivity index is 2.01. The quantitative estimate of drug-likeness (QED) is 0.459. The van der Waals surface area contributed by atoms with Crippen LogP contribution in [0.4, 0.5) is 0 Å². The van der Waals surface area contributed by atoms with Gasteiger partial charge in [0.1, 0.15) is 5.75 Å². The zero-order chi connectivity index (χ0) is 14.2. The minimum atomic E-state index is 0.455. The van der Waals surface area contributed by atoms with Gasteiger partial charge in [0.2, 0.25) is 6.41 Å². The number of hydrogen-bond acceptors (Lipinski definition) is 3. The van der Waals surface area contributed by atoms with Crippen LogP contribution in [-0.2, 0) is 11.3 Å². The van der Waals surface area contributed by atoms with Crippen molar-refractivity contribution in [3.05, 3.63) is 65.7 Å². The lowest BCUT2D eigenvalue weighted by Gasteiger charge is -2.10. The molecule has 0 aliphatic heterocycles. The van der Waals surface area contributed by atoms with Crippen LogP contribution in [0.25, 0.3) is 0 Å². The number of nitrogens with zero attached hydrogens (tertiary/aromatic N) is 2. The summed E-state index contributed by atoms with van der Waals surface area (Å²) in [6.45, 7) is 0.455. The molecule has 0 atom stereocenters. The molecule has 4 heteroatoms. The van der Waals surface area contributed by atoms with Gasteiger partial charge in [-0.15, -0.1) is 0 Å². The van der Waals surface area contributed by atoms with Crippen LogP contribution in [0.2, 0.25) is 0 Å². The zero-order valence-corrected chi connectivity index (χ0v) is 11.3. The van der Waals surface area contributed by atoms with Crippen LogP contribution in [0.15, 0.2) is 59.7 Å². The number of hydrazone groups is 1. The molecule has 2 aromatic carbocycles. The van der Waals surface area contributed by atoms with Crippen LogP contribution >= 0.6 is 0 Å². The predicted molar refractivity (Wildman–Crippen MR) is 78.6 cm³/mol. The summed E-state index contributed by atoms with van der Waals surface area (Å²) in [5.74, 6) is 0.790. The Kier molecular flexibility index (Phi) is 4.89. The van der Waals surface area contributed by atoms with E-state index in [1.54, 1.807) is 13.3 Å². The molecule has 4 nitrogen and oxygen atoms in total. The number of hydrogen-bond donors (Lipinski definition) is 0. The van der Waals surface area contributed by atoms with Crippen molar-refractivity contribution in [1.82, 2.24) is 5.01 Å². The molecule has 0 aliphatic carbocycles. The van der Waals surface area contributed by atoms with Crippen LogP contribution in [0.3, 0.4) is 0 Å². The Morgan fingerprint density at radius 1 is 1.10 bits per heavy atom. The van der Waals surface area contributed by atoms with E-state index in [0.717, 1.165) is 16.9 Å². The molecular weight excluding hydrogens is 252 g/mol. The third kappa shape index (κ3) is 3.95. The van der Waals surface area contributed by atoms with Crippen LogP contribution in [0, 0.1) is 0 Å². The van der Waals surface area contributed by atoms with Crippen molar-refractivity contribution in [2.75, 3.05) is 7.11 Å². The average molecular weight is 268 g/mol. The minimum Gasteiger partial charge on any atom is -0.497 e. The summed E-state index contributed by atoms with van der Waals surface area (Å²) in [6.07, 6.45) is 2.36. The highest BCUT2D eigenvalue weighted by Gasteiger charge is 2.00. The van der Waals surface area contributed by atoms with Gasteiger partial charge < -0.3 is 4.74 Å². The van der Waals surface area contributed by atoms with Gasteiger partial charge in [0, 0.05) is 0 Å². The van der Waals surface area contributed by atoms with Crippen molar-refractivity contribution >= 4 is 12.6 Å². The van der Waals surface area contributed by atoms with Crippen LogP contribution < -0.4 is 4.74 Å². The summed E-state index contributed by atoms with van der Waals surface area (Å²) in [4.78, 5) is 11.0. The maximum atomic E-state index is 11.0. The Bertz CT molecular complexity index is 565. The van der Waals surface area contributed by atoms with Crippen LogP contribution in [-0.4, -0.2) is 24.7 Å². The number of ether oxygens (including phenoxy) is 1. The third-order valence-corrected chi connectivity index (χ3v) is 2.78. The molecule has 0 fully saturated rings. The van der Waals surface area contributed by atoms with E-state index in [1.807, 2.05) is 54.6 Å². The van der Waals surface area contributed by atoms with Gasteiger partial charge in [-0.3, -0.25) is 4.79 Å². The van der Waals surface area contributed by atoms with E-state index >= 15 is 0 Å². The lowest BCUT2D eigenvalue weighted by molar-refractivity contribution is -0.118. The fourth-order valence-electron chi connectivity index (χ4n) is 1.71. The van der Waals surface area contributed by atoms with E-state index in [1.165, 1.54) is 5.01 Å². The van der Waals surface area contributed by atoms with Crippen molar-refractivity contribution in [3.63, 3.8) is 0 Å². The van der Waals surface area contributed by atoms with Gasteiger partial charge in [-0.2, -0.15) is 5.10 Å². The predicted octanol–water partition coefficient (Wildman–Crippen LogP) is 2.69. The molecule has 2 rings (SSSR count). The summed E-state index contributed by atoms with van der Waals surface area (Å²) >= 11 is 0. The monoisotopic (exact) mass is 268 g/mol. The molecule has 0 saturated carbocycles. The summed E-state index contributed by atoms with van der Waals surface area (Å²) < 4.78 is 5.08. The van der Waals surface area contributed by atoms with Crippen molar-refractivity contribution < 1.29 is 9.53 Å². The second kappa shape index (κ2) is 7.09. The van der Waals surface area contributed by atoms with E-state index in [4.69, 9.17) is 4.74 Å². The fraction of sp³-hybridized carbons (Fsp3) is 0.125. The topological polar surface area (TPSA) is 41.9 Å². The Morgan fingerprint density at radius 3 is 2.40 bits per heavy atom. The molecule has 102 valence electrons. The zero-order valence-electron chi connectivity index (χ0n) is 11.3. The van der Waals surface area contributed by atoms with Gasteiger partial charge in [-0.1, -0.05) is 30.3 Å². The molecule has 0 radical (unpaired) electrons. The normalized spacial score (nSPS) is 10.4. The smallest absolute Gasteiger partial charge is 0.230 e. The number of benzene rings is 2. The van der Waals surface area contributed by atoms with Gasteiger partial charge in [0.25, 0.3) is 0 Å². The van der Waals surface area contributed by atoms with E-state index in [9.17, 15) is 4.79 Å². The largest absolute Gasteiger partial charge is 0.497 e. The SMILES string of the molecule is COc1ccc(C=NN(C=O)Cc2ccccc2)cc1. The molecule has 0 bridgehead atoms. The van der Waals surface area contributed by atoms with Crippen molar-refractivity contribution in [1.29, 1.82) is 0 Å². The number of amides is 1. The van der Waals surface area contributed by atoms with Crippen LogP contribution in [0.5, 0.6) is 5.75 Å². The van der Waals surface area contributed by atoms with E-state index in [-0.39, 0.29) is 0 Å². The molecule has 2 aromatic rings. The highest BCUT2D eigenvalue weighted by atomic mass is 16.5. The number of carbonyl (C=O) groups excluding carboxylic acids is 1. The molecule has 0 aromatic heterocycles. The summed E-state index contributed by atoms with van der Waals surface area (Å²) in [7, 11) is 1.62. The maximum absolute atomic E-state index is 11.0. The summed E-state index contributed by atoms with van der Waals surface area (Å²) in [6, 6.07) is 17.2. The van der Waals surface area contributed by atoms with Crippen molar-refractivity contribution in [2.45, 2.75) is 6.54 Å². The van der Waals surface area contributed by atoms with E-state index in [2.05, 4.69) is 5.10 Å². The van der Waals surface area contributed by atoms with Gasteiger partial charge >= 0.3 is 0 Å². The second-order valence-corrected chi connectivity index (χ2v) is 4.21. The molecule has 0 unspecified atom stereocenters. The fourth-order valence-corrected chi connectivity index (χ4v) is 1.71.